The van der Waals surface area contributed by atoms with E-state index in [1.807, 2.05) is 47.0 Å². The number of hydrogen-bond acceptors (Lipinski definition) is 5. The Morgan fingerprint density at radius 2 is 1.87 bits per heavy atom. The maximum Gasteiger partial charge on any atom is 0.230 e. The van der Waals surface area contributed by atoms with Crippen LogP contribution < -0.4 is 5.32 Å². The zero-order valence-electron chi connectivity index (χ0n) is 16.3. The van der Waals surface area contributed by atoms with Crippen LogP contribution in [-0.4, -0.2) is 33.0 Å². The zero-order chi connectivity index (χ0) is 21.6. The summed E-state index contributed by atoms with van der Waals surface area (Å²) in [5.74, 6) is 1.26. The van der Waals surface area contributed by atoms with Crippen LogP contribution >= 0.6 is 35.0 Å². The van der Waals surface area contributed by atoms with Gasteiger partial charge in [-0.05, 0) is 60.5 Å². The fourth-order valence-electron chi connectivity index (χ4n) is 2.97. The largest absolute Gasteiger partial charge is 0.461 e. The molecule has 6 nitrogen and oxygen atoms in total. The number of nitrogens with zero attached hydrogens (tertiary/aromatic N) is 3. The van der Waals surface area contributed by atoms with E-state index in [0.717, 1.165) is 11.3 Å². The average Bonchev–Trinajstić information content (AvgIpc) is 3.43. The van der Waals surface area contributed by atoms with Gasteiger partial charge in [0.15, 0.2) is 10.9 Å². The third-order valence-electron chi connectivity index (χ3n) is 4.42. The van der Waals surface area contributed by atoms with Crippen molar-refractivity contribution in [3.63, 3.8) is 0 Å². The smallest absolute Gasteiger partial charge is 0.230 e. The number of thioether (sulfide) groups is 1. The van der Waals surface area contributed by atoms with Gasteiger partial charge in [0, 0.05) is 22.3 Å². The van der Waals surface area contributed by atoms with Crippen molar-refractivity contribution in [2.45, 2.75) is 11.6 Å². The van der Waals surface area contributed by atoms with E-state index in [2.05, 4.69) is 15.5 Å². The number of nitrogens with one attached hydrogen (secondary N) is 1. The molecule has 2 aromatic heterocycles. The van der Waals surface area contributed by atoms with Gasteiger partial charge in [0.25, 0.3) is 0 Å². The van der Waals surface area contributed by atoms with Gasteiger partial charge in [0.1, 0.15) is 0 Å². The monoisotopic (exact) mass is 472 g/mol. The van der Waals surface area contributed by atoms with Gasteiger partial charge in [-0.3, -0.25) is 9.36 Å². The minimum Gasteiger partial charge on any atom is -0.461 e. The molecular formula is C22H18Cl2N4O2S. The van der Waals surface area contributed by atoms with E-state index in [1.165, 1.54) is 11.8 Å². The lowest BCUT2D eigenvalue weighted by Gasteiger charge is -2.09. The summed E-state index contributed by atoms with van der Waals surface area (Å²) < 4.78 is 7.35. The fourth-order valence-corrected chi connectivity index (χ4v) is 4.09. The number of amides is 1. The second-order valence-corrected chi connectivity index (χ2v) is 8.43. The van der Waals surface area contributed by atoms with E-state index in [9.17, 15) is 4.79 Å². The van der Waals surface area contributed by atoms with Crippen LogP contribution in [0.25, 0.3) is 17.3 Å². The van der Waals surface area contributed by atoms with E-state index < -0.39 is 0 Å². The van der Waals surface area contributed by atoms with E-state index >= 15 is 0 Å². The molecule has 4 rings (SSSR count). The lowest BCUT2D eigenvalue weighted by atomic mass is 10.1. The van der Waals surface area contributed by atoms with Gasteiger partial charge < -0.3 is 9.73 Å². The van der Waals surface area contributed by atoms with Crippen LogP contribution in [0.4, 0.5) is 0 Å². The molecule has 9 heteroatoms. The number of rotatable bonds is 8. The SMILES string of the molecule is O=C(CSc1nnc(-c2ccco2)n1-c1ccc(Cl)cc1)NCCc1cccc(Cl)c1. The molecule has 0 saturated carbocycles. The third kappa shape index (κ3) is 5.50. The molecule has 0 radical (unpaired) electrons. The molecule has 2 heterocycles. The summed E-state index contributed by atoms with van der Waals surface area (Å²) in [6.07, 6.45) is 2.29. The van der Waals surface area contributed by atoms with Gasteiger partial charge in [0.2, 0.25) is 11.7 Å². The van der Waals surface area contributed by atoms with Crippen molar-refractivity contribution in [2.75, 3.05) is 12.3 Å². The lowest BCUT2D eigenvalue weighted by Crippen LogP contribution is -2.27. The third-order valence-corrected chi connectivity index (χ3v) is 5.83. The number of aromatic nitrogens is 3. The molecule has 0 unspecified atom stereocenters. The summed E-state index contributed by atoms with van der Waals surface area (Å²) in [5.41, 5.74) is 1.90. The van der Waals surface area contributed by atoms with Crippen LogP contribution in [0.2, 0.25) is 10.0 Å². The molecule has 2 aromatic carbocycles. The lowest BCUT2D eigenvalue weighted by molar-refractivity contribution is -0.118. The van der Waals surface area contributed by atoms with Gasteiger partial charge in [-0.25, -0.2) is 0 Å². The molecule has 31 heavy (non-hydrogen) atoms. The Bertz CT molecular complexity index is 1160. The minimum absolute atomic E-state index is 0.0859. The Morgan fingerprint density at radius 1 is 1.03 bits per heavy atom. The number of hydrogen-bond donors (Lipinski definition) is 1. The fraction of sp³-hybridized carbons (Fsp3) is 0.136. The van der Waals surface area contributed by atoms with Crippen LogP contribution in [0.3, 0.4) is 0 Å². The first kappa shape index (κ1) is 21.5. The molecule has 1 amide bonds. The summed E-state index contributed by atoms with van der Waals surface area (Å²) in [6, 6.07) is 18.5. The van der Waals surface area contributed by atoms with E-state index in [1.54, 1.807) is 24.5 Å². The molecule has 0 spiro atoms. The summed E-state index contributed by atoms with van der Waals surface area (Å²) >= 11 is 13.3. The van der Waals surface area contributed by atoms with Crippen molar-refractivity contribution >= 4 is 40.9 Å². The molecule has 0 aliphatic rings. The highest BCUT2D eigenvalue weighted by Gasteiger charge is 2.19. The first-order valence-electron chi connectivity index (χ1n) is 9.49. The number of carbonyl (C=O) groups is 1. The van der Waals surface area contributed by atoms with E-state index in [4.69, 9.17) is 27.6 Å². The number of furan rings is 1. The Labute approximate surface area is 193 Å². The summed E-state index contributed by atoms with van der Waals surface area (Å²) in [4.78, 5) is 12.4. The number of benzene rings is 2. The van der Waals surface area contributed by atoms with Crippen molar-refractivity contribution in [3.05, 3.63) is 82.5 Å². The zero-order valence-corrected chi connectivity index (χ0v) is 18.6. The van der Waals surface area contributed by atoms with Crippen LogP contribution in [0.5, 0.6) is 0 Å². The van der Waals surface area contributed by atoms with Crippen LogP contribution in [0.15, 0.2) is 76.5 Å². The summed E-state index contributed by atoms with van der Waals surface area (Å²) in [7, 11) is 0. The predicted molar refractivity (Wildman–Crippen MR) is 123 cm³/mol. The highest BCUT2D eigenvalue weighted by atomic mass is 35.5. The first-order valence-corrected chi connectivity index (χ1v) is 11.2. The van der Waals surface area contributed by atoms with Crippen molar-refractivity contribution in [3.8, 4) is 17.3 Å². The van der Waals surface area contributed by atoms with Crippen LogP contribution in [0.1, 0.15) is 5.56 Å². The number of carbonyl (C=O) groups excluding carboxylic acids is 1. The van der Waals surface area contributed by atoms with Crippen LogP contribution in [0, 0.1) is 0 Å². The first-order chi connectivity index (χ1) is 15.1. The standard InChI is InChI=1S/C22H18Cl2N4O2S/c23-16-6-8-18(9-7-16)28-21(19-5-2-12-30-19)26-27-22(28)31-14-20(29)25-11-10-15-3-1-4-17(24)13-15/h1-9,12-13H,10-11,14H2,(H,25,29). The maximum atomic E-state index is 12.4. The van der Waals surface area contributed by atoms with Crippen molar-refractivity contribution in [1.82, 2.24) is 20.1 Å². The molecule has 0 aliphatic heterocycles. The van der Waals surface area contributed by atoms with Crippen molar-refractivity contribution < 1.29 is 9.21 Å². The molecule has 0 atom stereocenters. The summed E-state index contributed by atoms with van der Waals surface area (Å²) in [5, 5.41) is 13.4. The topological polar surface area (TPSA) is 73.0 Å². The minimum atomic E-state index is -0.0859. The van der Waals surface area contributed by atoms with Gasteiger partial charge >= 0.3 is 0 Å². The second-order valence-electron chi connectivity index (χ2n) is 6.61. The molecule has 0 bridgehead atoms. The van der Waals surface area contributed by atoms with Crippen molar-refractivity contribution in [2.24, 2.45) is 0 Å². The molecule has 0 saturated heterocycles. The quantitative estimate of drug-likeness (QED) is 0.353. The van der Waals surface area contributed by atoms with E-state index in [-0.39, 0.29) is 11.7 Å². The Balaban J connectivity index is 1.43. The summed E-state index contributed by atoms with van der Waals surface area (Å²) in [6.45, 7) is 0.529. The Morgan fingerprint density at radius 3 is 2.61 bits per heavy atom. The van der Waals surface area contributed by atoms with Crippen molar-refractivity contribution in [1.29, 1.82) is 0 Å². The normalized spacial score (nSPS) is 10.9. The maximum absolute atomic E-state index is 12.4. The van der Waals surface area contributed by atoms with Gasteiger partial charge in [-0.1, -0.05) is 47.1 Å². The predicted octanol–water partition coefficient (Wildman–Crippen LogP) is 5.29. The number of halogens is 2. The van der Waals surface area contributed by atoms with E-state index in [0.29, 0.717) is 39.8 Å². The Kier molecular flexibility index (Phi) is 6.96. The highest BCUT2D eigenvalue weighted by Crippen LogP contribution is 2.28. The molecule has 158 valence electrons. The average molecular weight is 473 g/mol. The molecule has 0 fully saturated rings. The molecule has 1 N–H and O–H groups in total. The Hall–Kier alpha value is -2.74. The second kappa shape index (κ2) is 10.0. The molecule has 0 aliphatic carbocycles. The highest BCUT2D eigenvalue weighted by molar-refractivity contribution is 7.99. The van der Waals surface area contributed by atoms with Gasteiger partial charge in [-0.2, -0.15) is 0 Å². The van der Waals surface area contributed by atoms with Gasteiger partial charge in [-0.15, -0.1) is 10.2 Å². The van der Waals surface area contributed by atoms with Gasteiger partial charge in [0.05, 0.1) is 12.0 Å². The molecule has 4 aromatic rings. The van der Waals surface area contributed by atoms with Crippen LogP contribution in [-0.2, 0) is 11.2 Å². The molecular weight excluding hydrogens is 455 g/mol.